The smallest absolute Gasteiger partial charge is 0.309 e. The van der Waals surface area contributed by atoms with Crippen LogP contribution in [0.3, 0.4) is 0 Å². The van der Waals surface area contributed by atoms with Gasteiger partial charge in [0, 0.05) is 39.1 Å². The maximum atomic E-state index is 12.7. The lowest BCUT2D eigenvalue weighted by molar-refractivity contribution is -0.156. The Labute approximate surface area is 194 Å². The molecule has 0 saturated carbocycles. The minimum absolute atomic E-state index is 0.132. The van der Waals surface area contributed by atoms with E-state index in [0.717, 1.165) is 11.3 Å². The van der Waals surface area contributed by atoms with Crippen LogP contribution in [0.15, 0.2) is 53.7 Å². The Kier molecular flexibility index (Phi) is 8.40. The monoisotopic (exact) mass is 475 g/mol. The van der Waals surface area contributed by atoms with Crippen LogP contribution in [-0.2, 0) is 30.9 Å². The van der Waals surface area contributed by atoms with Crippen molar-refractivity contribution in [3.05, 3.63) is 54.4 Å². The summed E-state index contributed by atoms with van der Waals surface area (Å²) in [6.07, 6.45) is 3.51. The number of pyridine rings is 1. The van der Waals surface area contributed by atoms with Crippen LogP contribution < -0.4 is 4.74 Å². The first kappa shape index (κ1) is 24.7. The van der Waals surface area contributed by atoms with Crippen LogP contribution in [0, 0.1) is 5.92 Å². The zero-order valence-electron chi connectivity index (χ0n) is 18.8. The zero-order chi connectivity index (χ0) is 23.8. The van der Waals surface area contributed by atoms with Crippen LogP contribution in [0.2, 0.25) is 0 Å². The van der Waals surface area contributed by atoms with E-state index in [1.54, 1.807) is 13.1 Å². The van der Waals surface area contributed by atoms with Crippen LogP contribution in [0.4, 0.5) is 0 Å². The molecule has 1 aromatic carbocycles. The van der Waals surface area contributed by atoms with E-state index in [2.05, 4.69) is 4.98 Å². The number of amides is 1. The Morgan fingerprint density at radius 3 is 2.45 bits per heavy atom. The molecule has 2 aromatic rings. The summed E-state index contributed by atoms with van der Waals surface area (Å²) in [5, 5.41) is 0. The molecule has 9 nitrogen and oxygen atoms in total. The summed E-state index contributed by atoms with van der Waals surface area (Å²) in [4.78, 5) is 30.3. The van der Waals surface area contributed by atoms with Crippen molar-refractivity contribution in [1.82, 2.24) is 14.2 Å². The number of piperidine rings is 1. The van der Waals surface area contributed by atoms with Gasteiger partial charge in [0.05, 0.1) is 12.5 Å². The second-order valence-electron chi connectivity index (χ2n) is 7.80. The van der Waals surface area contributed by atoms with Gasteiger partial charge in [-0.1, -0.05) is 12.1 Å². The van der Waals surface area contributed by atoms with E-state index in [4.69, 9.17) is 9.47 Å². The van der Waals surface area contributed by atoms with Gasteiger partial charge in [-0.05, 0) is 49.6 Å². The molecule has 3 rings (SSSR count). The molecule has 0 radical (unpaired) electrons. The number of rotatable bonds is 9. The van der Waals surface area contributed by atoms with E-state index < -0.39 is 21.9 Å². The van der Waals surface area contributed by atoms with Crippen LogP contribution in [0.25, 0.3) is 0 Å². The van der Waals surface area contributed by atoms with Crippen molar-refractivity contribution in [2.24, 2.45) is 5.92 Å². The van der Waals surface area contributed by atoms with Crippen molar-refractivity contribution in [2.75, 3.05) is 33.4 Å². The van der Waals surface area contributed by atoms with Gasteiger partial charge in [0.15, 0.2) is 6.61 Å². The highest BCUT2D eigenvalue weighted by Gasteiger charge is 2.33. The molecule has 2 heterocycles. The molecule has 178 valence electrons. The highest BCUT2D eigenvalue weighted by molar-refractivity contribution is 7.89. The minimum Gasteiger partial charge on any atom is -0.494 e. The molecule has 0 aliphatic carbocycles. The number of carbonyl (C=O) groups is 2. The molecule has 1 saturated heterocycles. The number of likely N-dealkylation sites (N-methyl/N-ethyl adjacent to an activating group) is 1. The number of carbonyl (C=O) groups excluding carboxylic acids is 2. The Hall–Kier alpha value is -2.98. The van der Waals surface area contributed by atoms with E-state index >= 15 is 0 Å². The topological polar surface area (TPSA) is 106 Å². The third kappa shape index (κ3) is 6.52. The maximum absolute atomic E-state index is 12.7. The lowest BCUT2D eigenvalue weighted by Crippen LogP contribution is -2.41. The predicted molar refractivity (Wildman–Crippen MR) is 121 cm³/mol. The van der Waals surface area contributed by atoms with Crippen molar-refractivity contribution in [3.63, 3.8) is 0 Å². The van der Waals surface area contributed by atoms with Crippen LogP contribution >= 0.6 is 0 Å². The van der Waals surface area contributed by atoms with Crippen molar-refractivity contribution in [2.45, 2.75) is 31.2 Å². The van der Waals surface area contributed by atoms with Crippen molar-refractivity contribution < 1.29 is 27.5 Å². The van der Waals surface area contributed by atoms with Gasteiger partial charge in [-0.15, -0.1) is 0 Å². The van der Waals surface area contributed by atoms with Crippen molar-refractivity contribution in [1.29, 1.82) is 0 Å². The van der Waals surface area contributed by atoms with Gasteiger partial charge < -0.3 is 14.4 Å². The van der Waals surface area contributed by atoms with Gasteiger partial charge in [0.25, 0.3) is 5.91 Å². The van der Waals surface area contributed by atoms with E-state index in [1.165, 1.54) is 27.7 Å². The Balaban J connectivity index is 1.44. The van der Waals surface area contributed by atoms with Crippen molar-refractivity contribution in [3.8, 4) is 5.75 Å². The largest absolute Gasteiger partial charge is 0.494 e. The normalized spacial score (nSPS) is 15.1. The number of aromatic nitrogens is 1. The molecule has 10 heteroatoms. The quantitative estimate of drug-likeness (QED) is 0.511. The van der Waals surface area contributed by atoms with E-state index in [0.29, 0.717) is 26.0 Å². The highest BCUT2D eigenvalue weighted by Crippen LogP contribution is 2.24. The predicted octanol–water partition coefficient (Wildman–Crippen LogP) is 2.08. The summed E-state index contributed by atoms with van der Waals surface area (Å²) >= 11 is 0. The first-order valence-corrected chi connectivity index (χ1v) is 12.3. The lowest BCUT2D eigenvalue weighted by Gasteiger charge is -2.30. The second-order valence-corrected chi connectivity index (χ2v) is 9.74. The van der Waals surface area contributed by atoms with Gasteiger partial charge in [-0.3, -0.25) is 14.6 Å². The number of hydrogen-bond acceptors (Lipinski definition) is 7. The number of esters is 1. The summed E-state index contributed by atoms with van der Waals surface area (Å²) in [5.41, 5.74) is 0.933. The summed E-state index contributed by atoms with van der Waals surface area (Å²) < 4.78 is 37.3. The Morgan fingerprint density at radius 1 is 1.15 bits per heavy atom. The molecular weight excluding hydrogens is 446 g/mol. The molecule has 33 heavy (non-hydrogen) atoms. The molecule has 0 bridgehead atoms. The fraction of sp³-hybridized carbons (Fsp3) is 0.435. The number of nitrogens with zero attached hydrogens (tertiary/aromatic N) is 3. The summed E-state index contributed by atoms with van der Waals surface area (Å²) in [7, 11) is -1.99. The first-order valence-electron chi connectivity index (χ1n) is 10.8. The molecule has 1 fully saturated rings. The molecular formula is C23H29N3O6S. The summed E-state index contributed by atoms with van der Waals surface area (Å²) in [6.45, 7) is 2.96. The number of ether oxygens (including phenoxy) is 2. The molecule has 1 aromatic heterocycles. The lowest BCUT2D eigenvalue weighted by atomic mass is 9.98. The number of benzene rings is 1. The Morgan fingerprint density at radius 2 is 1.85 bits per heavy atom. The molecule has 0 unspecified atom stereocenters. The summed E-state index contributed by atoms with van der Waals surface area (Å²) in [5.74, 6) is -0.455. The van der Waals surface area contributed by atoms with Crippen LogP contribution in [-0.4, -0.2) is 67.8 Å². The first-order chi connectivity index (χ1) is 15.8. The average molecular weight is 476 g/mol. The second kappa shape index (κ2) is 11.2. The molecule has 1 aliphatic rings. The Bertz CT molecular complexity index is 1040. The van der Waals surface area contributed by atoms with E-state index in [9.17, 15) is 18.0 Å². The van der Waals surface area contributed by atoms with Gasteiger partial charge in [-0.25, -0.2) is 8.42 Å². The van der Waals surface area contributed by atoms with Gasteiger partial charge in [-0.2, -0.15) is 4.31 Å². The van der Waals surface area contributed by atoms with E-state index in [-0.39, 0.29) is 30.5 Å². The molecule has 0 N–H and O–H groups in total. The van der Waals surface area contributed by atoms with Crippen LogP contribution in [0.5, 0.6) is 5.75 Å². The zero-order valence-corrected chi connectivity index (χ0v) is 19.7. The fourth-order valence-electron chi connectivity index (χ4n) is 3.56. The summed E-state index contributed by atoms with van der Waals surface area (Å²) in [6, 6.07) is 10.5. The van der Waals surface area contributed by atoms with Gasteiger partial charge >= 0.3 is 5.97 Å². The maximum Gasteiger partial charge on any atom is 0.309 e. The SMILES string of the molecule is CCOc1ccc(CN(C)C(=O)COC(=O)C2CCN(S(=O)(=O)c3cccnc3)CC2)cc1. The fourth-order valence-corrected chi connectivity index (χ4v) is 5.00. The van der Waals surface area contributed by atoms with Crippen molar-refractivity contribution >= 4 is 21.9 Å². The highest BCUT2D eigenvalue weighted by atomic mass is 32.2. The molecule has 1 aliphatic heterocycles. The van der Waals surface area contributed by atoms with Gasteiger partial charge in [0.2, 0.25) is 10.0 Å². The third-order valence-electron chi connectivity index (χ3n) is 5.48. The third-order valence-corrected chi connectivity index (χ3v) is 7.36. The number of hydrogen-bond donors (Lipinski definition) is 0. The van der Waals surface area contributed by atoms with Gasteiger partial charge in [0.1, 0.15) is 10.6 Å². The molecule has 0 atom stereocenters. The molecule has 0 spiro atoms. The molecule has 1 amide bonds. The van der Waals surface area contributed by atoms with Crippen LogP contribution in [0.1, 0.15) is 25.3 Å². The minimum atomic E-state index is -3.63. The standard InChI is InChI=1S/C23H29N3O6S/c1-3-31-20-8-6-18(7-9-20)16-25(2)22(27)17-32-23(28)19-10-13-26(14-11-19)33(29,30)21-5-4-12-24-15-21/h4-9,12,15,19H,3,10-11,13-14,16-17H2,1-2H3. The average Bonchev–Trinajstić information content (AvgIpc) is 2.84. The number of sulfonamides is 1. The van der Waals surface area contributed by atoms with E-state index in [1.807, 2.05) is 31.2 Å².